The van der Waals surface area contributed by atoms with Crippen molar-refractivity contribution in [1.82, 2.24) is 0 Å². The second kappa shape index (κ2) is 4.28. The zero-order chi connectivity index (χ0) is 10.6. The van der Waals surface area contributed by atoms with Crippen molar-refractivity contribution >= 4 is 5.91 Å². The van der Waals surface area contributed by atoms with E-state index in [1.165, 1.54) is 19.2 Å². The molecule has 14 heavy (non-hydrogen) atoms. The van der Waals surface area contributed by atoms with E-state index < -0.39 is 11.7 Å². The van der Waals surface area contributed by atoms with Gasteiger partial charge in [0, 0.05) is 12.0 Å². The second-order valence-corrected chi connectivity index (χ2v) is 2.46. The Hall–Kier alpha value is -2.02. The number of rotatable bonds is 1. The Balaban J connectivity index is 3.02. The van der Waals surface area contributed by atoms with Gasteiger partial charge in [0.15, 0.2) is 0 Å². The first-order valence-corrected chi connectivity index (χ1v) is 3.78. The zero-order valence-corrected chi connectivity index (χ0v) is 7.50. The van der Waals surface area contributed by atoms with Gasteiger partial charge in [-0.25, -0.2) is 4.39 Å². The molecule has 0 atom stereocenters. The maximum atomic E-state index is 13.2. The van der Waals surface area contributed by atoms with Gasteiger partial charge in [-0.3, -0.25) is 4.79 Å². The summed E-state index contributed by atoms with van der Waals surface area (Å²) >= 11 is 0. The molecule has 1 amide bonds. The van der Waals surface area contributed by atoms with Gasteiger partial charge in [0.2, 0.25) is 0 Å². The predicted molar refractivity (Wildman–Crippen MR) is 49.0 cm³/mol. The molecule has 1 rings (SSSR count). The Morgan fingerprint density at radius 1 is 1.57 bits per heavy atom. The molecule has 0 aromatic heterocycles. The Morgan fingerprint density at radius 2 is 2.29 bits per heavy atom. The lowest BCUT2D eigenvalue weighted by Gasteiger charge is -1.99. The van der Waals surface area contributed by atoms with Gasteiger partial charge in [-0.15, -0.1) is 0 Å². The van der Waals surface area contributed by atoms with Gasteiger partial charge in [-0.1, -0.05) is 5.92 Å². The highest BCUT2D eigenvalue weighted by molar-refractivity contribution is 5.92. The molecule has 0 fully saturated rings. The third kappa shape index (κ3) is 2.49. The number of ether oxygens (including phenoxy) is 1. The van der Waals surface area contributed by atoms with Crippen LogP contribution in [0.1, 0.15) is 5.56 Å². The van der Waals surface area contributed by atoms with Crippen molar-refractivity contribution < 1.29 is 13.9 Å². The average Bonchev–Trinajstić information content (AvgIpc) is 2.15. The van der Waals surface area contributed by atoms with E-state index in [9.17, 15) is 9.18 Å². The topological polar surface area (TPSA) is 52.3 Å². The smallest absolute Gasteiger partial charge is 0.293 e. The fraction of sp³-hybridized carbons (Fsp3) is 0.100. The van der Waals surface area contributed by atoms with Gasteiger partial charge in [-0.05, 0) is 12.1 Å². The fourth-order valence-electron chi connectivity index (χ4n) is 0.853. The fourth-order valence-corrected chi connectivity index (χ4v) is 0.853. The molecule has 0 saturated carbocycles. The summed E-state index contributed by atoms with van der Waals surface area (Å²) in [5.74, 6) is 3.42. The van der Waals surface area contributed by atoms with Gasteiger partial charge >= 0.3 is 0 Å². The lowest BCUT2D eigenvalue weighted by atomic mass is 10.2. The van der Waals surface area contributed by atoms with Crippen LogP contribution in [0.15, 0.2) is 18.2 Å². The molecule has 0 saturated heterocycles. The summed E-state index contributed by atoms with van der Waals surface area (Å²) in [4.78, 5) is 10.3. The summed E-state index contributed by atoms with van der Waals surface area (Å²) < 4.78 is 17.9. The number of carbonyl (C=O) groups excluding carboxylic acids is 1. The van der Waals surface area contributed by atoms with Crippen molar-refractivity contribution in [2.45, 2.75) is 0 Å². The second-order valence-electron chi connectivity index (χ2n) is 2.46. The third-order valence-corrected chi connectivity index (χ3v) is 1.50. The van der Waals surface area contributed by atoms with E-state index in [2.05, 4.69) is 5.92 Å². The van der Waals surface area contributed by atoms with Crippen molar-refractivity contribution in [3.05, 3.63) is 29.6 Å². The highest BCUT2D eigenvalue weighted by Crippen LogP contribution is 2.14. The van der Waals surface area contributed by atoms with Crippen LogP contribution in [0, 0.1) is 17.7 Å². The van der Waals surface area contributed by atoms with Gasteiger partial charge in [-0.2, -0.15) is 0 Å². The number of carbonyl (C=O) groups is 1. The first kappa shape index (κ1) is 10.1. The number of benzene rings is 1. The molecule has 0 aliphatic heterocycles. The van der Waals surface area contributed by atoms with Crippen LogP contribution in [0.3, 0.4) is 0 Å². The Labute approximate surface area is 80.7 Å². The maximum absolute atomic E-state index is 13.2. The molecule has 0 bridgehead atoms. The maximum Gasteiger partial charge on any atom is 0.293 e. The Bertz CT molecular complexity index is 418. The van der Waals surface area contributed by atoms with Crippen LogP contribution in [0.4, 0.5) is 4.39 Å². The monoisotopic (exact) mass is 193 g/mol. The van der Waals surface area contributed by atoms with Crippen LogP contribution in [-0.2, 0) is 4.79 Å². The third-order valence-electron chi connectivity index (χ3n) is 1.50. The summed E-state index contributed by atoms with van der Waals surface area (Å²) in [6.45, 7) is 0. The molecule has 0 aliphatic rings. The normalized spacial score (nSPS) is 8.71. The Morgan fingerprint density at radius 3 is 2.79 bits per heavy atom. The van der Waals surface area contributed by atoms with Crippen molar-refractivity contribution in [1.29, 1.82) is 0 Å². The minimum Gasteiger partial charge on any atom is -0.497 e. The van der Waals surface area contributed by atoms with Gasteiger partial charge in [0.05, 0.1) is 12.7 Å². The summed E-state index contributed by atoms with van der Waals surface area (Å²) in [5, 5.41) is 0. The SMILES string of the molecule is COc1ccc(C#CC(N)=O)c(F)c1. The van der Waals surface area contributed by atoms with Crippen LogP contribution < -0.4 is 10.5 Å². The molecule has 1 aromatic rings. The van der Waals surface area contributed by atoms with Crippen molar-refractivity contribution in [3.8, 4) is 17.6 Å². The average molecular weight is 193 g/mol. The first-order chi connectivity index (χ1) is 6.63. The molecule has 0 heterocycles. The number of primary amides is 1. The van der Waals surface area contributed by atoms with E-state index >= 15 is 0 Å². The molecule has 0 unspecified atom stereocenters. The van der Waals surface area contributed by atoms with E-state index in [0.717, 1.165) is 0 Å². The van der Waals surface area contributed by atoms with Gasteiger partial charge in [0.25, 0.3) is 5.91 Å². The van der Waals surface area contributed by atoms with E-state index in [0.29, 0.717) is 5.75 Å². The number of nitrogens with two attached hydrogens (primary N) is 1. The number of amides is 1. The molecule has 0 radical (unpaired) electrons. The lowest BCUT2D eigenvalue weighted by molar-refractivity contribution is -0.112. The Kier molecular flexibility index (Phi) is 3.08. The van der Waals surface area contributed by atoms with Crippen LogP contribution >= 0.6 is 0 Å². The lowest BCUT2D eigenvalue weighted by Crippen LogP contribution is -2.06. The standard InChI is InChI=1S/C10H8FNO2/c1-14-8-4-2-7(9(11)6-8)3-5-10(12)13/h2,4,6H,1H3,(H2,12,13). The highest BCUT2D eigenvalue weighted by Gasteiger charge is 2.00. The molecule has 1 aromatic carbocycles. The predicted octanol–water partition coefficient (Wildman–Crippen LogP) is 0.671. The van der Waals surface area contributed by atoms with Gasteiger partial charge < -0.3 is 10.5 Å². The number of methoxy groups -OCH3 is 1. The van der Waals surface area contributed by atoms with Crippen LogP contribution in [0.5, 0.6) is 5.75 Å². The van der Waals surface area contributed by atoms with Crippen LogP contribution in [0.25, 0.3) is 0 Å². The number of hydrogen-bond donors (Lipinski definition) is 1. The summed E-state index contributed by atoms with van der Waals surface area (Å²) in [5.41, 5.74) is 4.90. The summed E-state index contributed by atoms with van der Waals surface area (Å²) in [6.07, 6.45) is 0. The first-order valence-electron chi connectivity index (χ1n) is 3.78. The van der Waals surface area contributed by atoms with E-state index in [-0.39, 0.29) is 5.56 Å². The largest absolute Gasteiger partial charge is 0.497 e. The molecular formula is C10H8FNO2. The van der Waals surface area contributed by atoms with Crippen molar-refractivity contribution in [2.75, 3.05) is 7.11 Å². The van der Waals surface area contributed by atoms with E-state index in [1.54, 1.807) is 6.07 Å². The quantitative estimate of drug-likeness (QED) is 0.666. The van der Waals surface area contributed by atoms with Crippen molar-refractivity contribution in [3.63, 3.8) is 0 Å². The highest BCUT2D eigenvalue weighted by atomic mass is 19.1. The number of halogens is 1. The van der Waals surface area contributed by atoms with Crippen LogP contribution in [0.2, 0.25) is 0 Å². The van der Waals surface area contributed by atoms with E-state index in [1.807, 2.05) is 5.92 Å². The molecule has 2 N–H and O–H groups in total. The molecule has 72 valence electrons. The summed E-state index contributed by atoms with van der Waals surface area (Å²) in [7, 11) is 1.43. The molecule has 3 nitrogen and oxygen atoms in total. The molecular weight excluding hydrogens is 185 g/mol. The molecule has 0 spiro atoms. The summed E-state index contributed by atoms with van der Waals surface area (Å²) in [6, 6.07) is 4.16. The number of hydrogen-bond acceptors (Lipinski definition) is 2. The zero-order valence-electron chi connectivity index (χ0n) is 7.50. The molecule has 0 aliphatic carbocycles. The minimum atomic E-state index is -0.791. The van der Waals surface area contributed by atoms with Gasteiger partial charge in [0.1, 0.15) is 11.6 Å². The van der Waals surface area contributed by atoms with Crippen LogP contribution in [-0.4, -0.2) is 13.0 Å². The van der Waals surface area contributed by atoms with E-state index in [4.69, 9.17) is 10.5 Å². The minimum absolute atomic E-state index is 0.115. The van der Waals surface area contributed by atoms with Crippen molar-refractivity contribution in [2.24, 2.45) is 5.73 Å². The molecule has 4 heteroatoms.